The molecule has 1 fully saturated rings. The molecule has 1 aliphatic rings. The number of methoxy groups -OCH3 is 1. The highest BCUT2D eigenvalue weighted by atomic mass is 16.5. The third-order valence-corrected chi connectivity index (χ3v) is 3.06. The summed E-state index contributed by atoms with van der Waals surface area (Å²) in [5.74, 6) is 0. The first kappa shape index (κ1) is 11.9. The Morgan fingerprint density at radius 2 is 2.47 bits per heavy atom. The van der Waals surface area contributed by atoms with Crippen molar-refractivity contribution in [3.05, 3.63) is 28.9 Å². The fourth-order valence-electron chi connectivity index (χ4n) is 2.21. The molecule has 0 saturated carbocycles. The molecule has 0 aliphatic carbocycles. The second kappa shape index (κ2) is 5.67. The Balaban J connectivity index is 1.96. The molecule has 1 saturated heterocycles. The van der Waals surface area contributed by atoms with Gasteiger partial charge in [-0.15, -0.1) is 0 Å². The van der Waals surface area contributed by atoms with Gasteiger partial charge in [-0.05, 0) is 11.6 Å². The molecule has 7 nitrogen and oxygen atoms in total. The van der Waals surface area contributed by atoms with E-state index in [9.17, 15) is 0 Å². The maximum Gasteiger partial charge on any atom is 0.0934 e. The van der Waals surface area contributed by atoms with Crippen LogP contribution >= 0.6 is 0 Å². The van der Waals surface area contributed by atoms with E-state index in [2.05, 4.69) is 20.0 Å². The van der Waals surface area contributed by atoms with Crippen LogP contribution in [-0.4, -0.2) is 54.1 Å². The van der Waals surface area contributed by atoms with Gasteiger partial charge in [0.1, 0.15) is 0 Å². The number of rotatable bonds is 5. The summed E-state index contributed by atoms with van der Waals surface area (Å²) in [5, 5.41) is 7.80. The second-order valence-electron chi connectivity index (χ2n) is 4.04. The minimum atomic E-state index is 0.140. The number of azide groups is 1. The third kappa shape index (κ3) is 2.76. The molecule has 1 aromatic rings. The SMILES string of the molecule is COC1CN(CCN=[N+]=[N-])CC1n1cccn1. The van der Waals surface area contributed by atoms with Gasteiger partial charge in [-0.25, -0.2) is 0 Å². The Morgan fingerprint density at radius 1 is 1.59 bits per heavy atom. The van der Waals surface area contributed by atoms with Gasteiger partial charge in [0.05, 0.1) is 12.1 Å². The molecule has 2 unspecified atom stereocenters. The molecule has 2 heterocycles. The predicted molar refractivity (Wildman–Crippen MR) is 62.5 cm³/mol. The zero-order valence-electron chi connectivity index (χ0n) is 9.81. The van der Waals surface area contributed by atoms with Crippen LogP contribution in [0.5, 0.6) is 0 Å². The molecular formula is C10H16N6O. The zero-order valence-corrected chi connectivity index (χ0v) is 9.81. The molecule has 0 spiro atoms. The highest BCUT2D eigenvalue weighted by Gasteiger charge is 2.33. The summed E-state index contributed by atoms with van der Waals surface area (Å²) < 4.78 is 7.41. The van der Waals surface area contributed by atoms with Crippen LogP contribution in [0.15, 0.2) is 23.6 Å². The van der Waals surface area contributed by atoms with Crippen molar-refractivity contribution in [1.29, 1.82) is 0 Å². The van der Waals surface area contributed by atoms with E-state index in [0.717, 1.165) is 19.6 Å². The van der Waals surface area contributed by atoms with Gasteiger partial charge >= 0.3 is 0 Å². The third-order valence-electron chi connectivity index (χ3n) is 3.06. The summed E-state index contributed by atoms with van der Waals surface area (Å²) >= 11 is 0. The van der Waals surface area contributed by atoms with Crippen molar-refractivity contribution in [2.75, 3.05) is 33.3 Å². The molecule has 0 amide bonds. The van der Waals surface area contributed by atoms with Crippen molar-refractivity contribution in [1.82, 2.24) is 14.7 Å². The van der Waals surface area contributed by atoms with E-state index < -0.39 is 0 Å². The van der Waals surface area contributed by atoms with Gasteiger partial charge < -0.3 is 4.74 Å². The summed E-state index contributed by atoms with van der Waals surface area (Å²) in [6.45, 7) is 2.99. The zero-order chi connectivity index (χ0) is 12.1. The van der Waals surface area contributed by atoms with E-state index in [1.165, 1.54) is 0 Å². The van der Waals surface area contributed by atoms with Gasteiger partial charge in [0.2, 0.25) is 0 Å². The van der Waals surface area contributed by atoms with Gasteiger partial charge in [-0.2, -0.15) is 5.10 Å². The standard InChI is InChI=1S/C10H16N6O/c1-17-10-8-15(6-4-12-14-11)7-9(10)16-5-2-3-13-16/h2-3,5,9-10H,4,6-8H2,1H3. The molecule has 0 aromatic carbocycles. The van der Waals surface area contributed by atoms with Crippen LogP contribution in [0.3, 0.4) is 0 Å². The summed E-state index contributed by atoms with van der Waals surface area (Å²) in [4.78, 5) is 4.99. The van der Waals surface area contributed by atoms with Gasteiger partial charge in [0, 0.05) is 50.6 Å². The lowest BCUT2D eigenvalue weighted by Crippen LogP contribution is -2.25. The Kier molecular flexibility index (Phi) is 3.98. The van der Waals surface area contributed by atoms with Gasteiger partial charge in [0.15, 0.2) is 0 Å². The van der Waals surface area contributed by atoms with Crippen LogP contribution in [0.1, 0.15) is 6.04 Å². The fourth-order valence-corrected chi connectivity index (χ4v) is 2.21. The molecular weight excluding hydrogens is 220 g/mol. The largest absolute Gasteiger partial charge is 0.378 e. The van der Waals surface area contributed by atoms with Gasteiger partial charge in [-0.1, -0.05) is 5.11 Å². The minimum Gasteiger partial charge on any atom is -0.378 e. The van der Waals surface area contributed by atoms with Crippen LogP contribution in [0.25, 0.3) is 10.4 Å². The number of aromatic nitrogens is 2. The molecule has 2 rings (SSSR count). The second-order valence-corrected chi connectivity index (χ2v) is 4.04. The minimum absolute atomic E-state index is 0.140. The van der Waals surface area contributed by atoms with Crippen LogP contribution in [0.2, 0.25) is 0 Å². The van der Waals surface area contributed by atoms with Crippen molar-refractivity contribution in [3.8, 4) is 0 Å². The first-order valence-corrected chi connectivity index (χ1v) is 5.60. The summed E-state index contributed by atoms with van der Waals surface area (Å²) in [6.07, 6.45) is 3.86. The highest BCUT2D eigenvalue weighted by molar-refractivity contribution is 4.92. The highest BCUT2D eigenvalue weighted by Crippen LogP contribution is 2.23. The molecule has 2 atom stereocenters. The van der Waals surface area contributed by atoms with E-state index in [1.807, 2.05) is 16.9 Å². The topological polar surface area (TPSA) is 79.0 Å². The molecule has 0 bridgehead atoms. The van der Waals surface area contributed by atoms with E-state index in [4.69, 9.17) is 10.3 Å². The molecule has 0 N–H and O–H groups in total. The van der Waals surface area contributed by atoms with Crippen molar-refractivity contribution < 1.29 is 4.74 Å². The molecule has 7 heteroatoms. The summed E-state index contributed by atoms with van der Waals surface area (Å²) in [7, 11) is 1.72. The number of hydrogen-bond donors (Lipinski definition) is 0. The lowest BCUT2D eigenvalue weighted by Gasteiger charge is -2.16. The number of ether oxygens (including phenoxy) is 1. The maximum atomic E-state index is 8.24. The number of nitrogens with zero attached hydrogens (tertiary/aromatic N) is 6. The van der Waals surface area contributed by atoms with Gasteiger partial charge in [0.25, 0.3) is 0 Å². The fraction of sp³-hybridized carbons (Fsp3) is 0.700. The van der Waals surface area contributed by atoms with Crippen molar-refractivity contribution in [2.45, 2.75) is 12.1 Å². The Labute approximate surface area is 99.6 Å². The number of hydrogen-bond acceptors (Lipinski definition) is 4. The average Bonchev–Trinajstić information content (AvgIpc) is 2.97. The van der Waals surface area contributed by atoms with Crippen molar-refractivity contribution >= 4 is 0 Å². The normalized spacial score (nSPS) is 24.8. The van der Waals surface area contributed by atoms with E-state index in [1.54, 1.807) is 13.3 Å². The molecule has 17 heavy (non-hydrogen) atoms. The van der Waals surface area contributed by atoms with Gasteiger partial charge in [-0.3, -0.25) is 9.58 Å². The van der Waals surface area contributed by atoms with Crippen LogP contribution in [-0.2, 0) is 4.74 Å². The maximum absolute atomic E-state index is 8.24. The monoisotopic (exact) mass is 236 g/mol. The first-order valence-electron chi connectivity index (χ1n) is 5.60. The molecule has 1 aliphatic heterocycles. The van der Waals surface area contributed by atoms with Crippen LogP contribution in [0, 0.1) is 0 Å². The Bertz CT molecular complexity index is 386. The van der Waals surface area contributed by atoms with Crippen molar-refractivity contribution in [2.24, 2.45) is 5.11 Å². The van der Waals surface area contributed by atoms with Crippen LogP contribution < -0.4 is 0 Å². The van der Waals surface area contributed by atoms with Crippen LogP contribution in [0.4, 0.5) is 0 Å². The first-order chi connectivity index (χ1) is 8.35. The van der Waals surface area contributed by atoms with E-state index >= 15 is 0 Å². The number of likely N-dealkylation sites (tertiary alicyclic amines) is 1. The molecule has 1 aromatic heterocycles. The van der Waals surface area contributed by atoms with E-state index in [-0.39, 0.29) is 12.1 Å². The van der Waals surface area contributed by atoms with E-state index in [0.29, 0.717) is 6.54 Å². The lowest BCUT2D eigenvalue weighted by atomic mass is 10.2. The summed E-state index contributed by atoms with van der Waals surface area (Å²) in [5.41, 5.74) is 8.24. The molecule has 92 valence electrons. The predicted octanol–water partition coefficient (Wildman–Crippen LogP) is 1.07. The summed E-state index contributed by atoms with van der Waals surface area (Å²) in [6, 6.07) is 2.15. The molecule has 0 radical (unpaired) electrons. The average molecular weight is 236 g/mol. The Hall–Kier alpha value is -1.56. The lowest BCUT2D eigenvalue weighted by molar-refractivity contribution is 0.0783. The van der Waals surface area contributed by atoms with Crippen molar-refractivity contribution in [3.63, 3.8) is 0 Å². The smallest absolute Gasteiger partial charge is 0.0934 e. The quantitative estimate of drug-likeness (QED) is 0.435. The Morgan fingerprint density at radius 3 is 3.12 bits per heavy atom.